The van der Waals surface area contributed by atoms with Gasteiger partial charge in [-0.1, -0.05) is 19.8 Å². The zero-order valence-corrected chi connectivity index (χ0v) is 9.93. The molecule has 0 radical (unpaired) electrons. The van der Waals surface area contributed by atoms with Gasteiger partial charge in [0.25, 0.3) is 5.91 Å². The van der Waals surface area contributed by atoms with Crippen LogP contribution in [-0.2, 0) is 4.79 Å². The molecule has 1 aliphatic rings. The van der Waals surface area contributed by atoms with Crippen LogP contribution in [0.25, 0.3) is 0 Å². The highest BCUT2D eigenvalue weighted by Crippen LogP contribution is 2.18. The van der Waals surface area contributed by atoms with Crippen molar-refractivity contribution in [3.05, 3.63) is 0 Å². The number of nitrogens with two attached hydrogens (primary N) is 1. The summed E-state index contributed by atoms with van der Waals surface area (Å²) in [6.45, 7) is 2.06. The number of hydrogen-bond donors (Lipinski definition) is 3. The molecular formula is C10H21ClN2O2. The van der Waals surface area contributed by atoms with Crippen LogP contribution < -0.4 is 11.1 Å². The average molecular weight is 237 g/mol. The van der Waals surface area contributed by atoms with Gasteiger partial charge in [0.1, 0.15) is 6.10 Å². The monoisotopic (exact) mass is 236 g/mol. The minimum absolute atomic E-state index is 0. The molecule has 0 saturated heterocycles. The van der Waals surface area contributed by atoms with E-state index in [-0.39, 0.29) is 24.4 Å². The lowest BCUT2D eigenvalue weighted by Gasteiger charge is -2.17. The summed E-state index contributed by atoms with van der Waals surface area (Å²) in [7, 11) is 0. The van der Waals surface area contributed by atoms with Gasteiger partial charge in [-0.25, -0.2) is 0 Å². The second-order valence-corrected chi connectivity index (χ2v) is 4.03. The fourth-order valence-corrected chi connectivity index (χ4v) is 1.31. The Labute approximate surface area is 97.0 Å². The molecule has 4 nitrogen and oxygen atoms in total. The topological polar surface area (TPSA) is 75.3 Å². The van der Waals surface area contributed by atoms with Crippen molar-refractivity contribution < 1.29 is 9.90 Å². The molecule has 1 unspecified atom stereocenters. The van der Waals surface area contributed by atoms with Crippen LogP contribution in [0.1, 0.15) is 39.0 Å². The largest absolute Gasteiger partial charge is 0.382 e. The maximum Gasteiger partial charge on any atom is 0.250 e. The van der Waals surface area contributed by atoms with Crippen LogP contribution in [0.15, 0.2) is 0 Å². The molecule has 0 aromatic rings. The standard InChI is InChI=1S/C10H20N2O2.ClH/c1-2-3-4-8(11)9(13)10(14)12-7-5-6-7;/h7-9,13H,2-6,11H2,1H3,(H,12,14);1H/t8?,9-;/m0./s1. The highest BCUT2D eigenvalue weighted by molar-refractivity contribution is 5.85. The molecule has 1 amide bonds. The molecule has 1 rings (SSSR count). The van der Waals surface area contributed by atoms with Gasteiger partial charge in [0.15, 0.2) is 0 Å². The van der Waals surface area contributed by atoms with Crippen LogP contribution in [0, 0.1) is 0 Å². The first kappa shape index (κ1) is 14.7. The molecule has 1 saturated carbocycles. The van der Waals surface area contributed by atoms with Crippen LogP contribution in [0.4, 0.5) is 0 Å². The summed E-state index contributed by atoms with van der Waals surface area (Å²) < 4.78 is 0. The van der Waals surface area contributed by atoms with Gasteiger partial charge in [0.2, 0.25) is 0 Å². The van der Waals surface area contributed by atoms with Crippen molar-refractivity contribution in [2.45, 2.75) is 57.2 Å². The predicted molar refractivity (Wildman–Crippen MR) is 61.9 cm³/mol. The number of aliphatic hydroxyl groups excluding tert-OH is 1. The second kappa shape index (κ2) is 7.04. The molecule has 1 fully saturated rings. The minimum atomic E-state index is -1.04. The number of hydrogen-bond acceptors (Lipinski definition) is 3. The Bertz CT molecular complexity index is 198. The number of rotatable bonds is 6. The van der Waals surface area contributed by atoms with Crippen molar-refractivity contribution in [2.75, 3.05) is 0 Å². The molecule has 1 aliphatic carbocycles. The van der Waals surface area contributed by atoms with E-state index in [1.807, 2.05) is 0 Å². The third kappa shape index (κ3) is 5.35. The summed E-state index contributed by atoms with van der Waals surface area (Å²) in [4.78, 5) is 11.4. The van der Waals surface area contributed by atoms with Crippen molar-refractivity contribution in [2.24, 2.45) is 5.73 Å². The molecule has 0 bridgehead atoms. The Morgan fingerprint density at radius 2 is 2.20 bits per heavy atom. The zero-order chi connectivity index (χ0) is 10.6. The molecule has 15 heavy (non-hydrogen) atoms. The number of carbonyl (C=O) groups is 1. The molecule has 0 spiro atoms. The Balaban J connectivity index is 0.00000196. The molecule has 2 atom stereocenters. The first-order valence-electron chi connectivity index (χ1n) is 5.39. The number of halogens is 1. The number of carbonyl (C=O) groups excluding carboxylic acids is 1. The number of amides is 1. The summed E-state index contributed by atoms with van der Waals surface area (Å²) in [6.07, 6.45) is 3.71. The van der Waals surface area contributed by atoms with Crippen LogP contribution >= 0.6 is 12.4 Å². The van der Waals surface area contributed by atoms with E-state index < -0.39 is 12.1 Å². The summed E-state index contributed by atoms with van der Waals surface area (Å²) >= 11 is 0. The van der Waals surface area contributed by atoms with Crippen molar-refractivity contribution in [3.63, 3.8) is 0 Å². The molecule has 0 aliphatic heterocycles. The lowest BCUT2D eigenvalue weighted by Crippen LogP contribution is -2.46. The first-order valence-corrected chi connectivity index (χ1v) is 5.39. The van der Waals surface area contributed by atoms with E-state index in [9.17, 15) is 9.90 Å². The van der Waals surface area contributed by atoms with E-state index in [0.717, 1.165) is 25.7 Å². The molecule has 0 aromatic carbocycles. The van der Waals surface area contributed by atoms with Gasteiger partial charge in [-0.3, -0.25) is 4.79 Å². The Morgan fingerprint density at radius 1 is 1.60 bits per heavy atom. The lowest BCUT2D eigenvalue weighted by molar-refractivity contribution is -0.130. The van der Waals surface area contributed by atoms with E-state index in [4.69, 9.17) is 5.73 Å². The molecule has 0 heterocycles. The average Bonchev–Trinajstić information content (AvgIpc) is 2.96. The molecular weight excluding hydrogens is 216 g/mol. The SMILES string of the molecule is CCCCC(N)[C@H](O)C(=O)NC1CC1.Cl. The number of unbranched alkanes of at least 4 members (excludes halogenated alkanes) is 1. The maximum atomic E-state index is 11.4. The van der Waals surface area contributed by atoms with Gasteiger partial charge in [0, 0.05) is 12.1 Å². The molecule has 90 valence electrons. The normalized spacial score (nSPS) is 18.9. The fraction of sp³-hybridized carbons (Fsp3) is 0.900. The predicted octanol–water partition coefficient (Wildman–Crippen LogP) is 0.565. The summed E-state index contributed by atoms with van der Waals surface area (Å²) in [5.74, 6) is -0.309. The quantitative estimate of drug-likeness (QED) is 0.631. The van der Waals surface area contributed by atoms with E-state index in [1.165, 1.54) is 0 Å². The zero-order valence-electron chi connectivity index (χ0n) is 9.11. The first-order chi connectivity index (χ1) is 6.65. The smallest absolute Gasteiger partial charge is 0.250 e. The van der Waals surface area contributed by atoms with E-state index >= 15 is 0 Å². The van der Waals surface area contributed by atoms with E-state index in [0.29, 0.717) is 6.42 Å². The Kier molecular flexibility index (Phi) is 6.89. The van der Waals surface area contributed by atoms with Gasteiger partial charge >= 0.3 is 0 Å². The van der Waals surface area contributed by atoms with Gasteiger partial charge in [-0.15, -0.1) is 12.4 Å². The minimum Gasteiger partial charge on any atom is -0.382 e. The molecule has 4 N–H and O–H groups in total. The lowest BCUT2D eigenvalue weighted by atomic mass is 10.0. The third-order valence-corrected chi connectivity index (χ3v) is 2.49. The maximum absolute atomic E-state index is 11.4. The van der Waals surface area contributed by atoms with Crippen LogP contribution in [0.3, 0.4) is 0 Å². The molecule has 5 heteroatoms. The van der Waals surface area contributed by atoms with E-state index in [2.05, 4.69) is 12.2 Å². The van der Waals surface area contributed by atoms with Gasteiger partial charge < -0.3 is 16.2 Å². The number of nitrogens with one attached hydrogen (secondary N) is 1. The van der Waals surface area contributed by atoms with Crippen LogP contribution in [-0.4, -0.2) is 29.2 Å². The van der Waals surface area contributed by atoms with Crippen molar-refractivity contribution >= 4 is 18.3 Å². The van der Waals surface area contributed by atoms with Gasteiger partial charge in [-0.05, 0) is 19.3 Å². The Hall–Kier alpha value is -0.320. The summed E-state index contributed by atoms with van der Waals surface area (Å²) in [5.41, 5.74) is 5.69. The Morgan fingerprint density at radius 3 is 2.67 bits per heavy atom. The van der Waals surface area contributed by atoms with Crippen LogP contribution in [0.5, 0.6) is 0 Å². The molecule has 0 aromatic heterocycles. The second-order valence-electron chi connectivity index (χ2n) is 4.03. The van der Waals surface area contributed by atoms with E-state index in [1.54, 1.807) is 0 Å². The van der Waals surface area contributed by atoms with Crippen molar-refractivity contribution in [1.29, 1.82) is 0 Å². The third-order valence-electron chi connectivity index (χ3n) is 2.49. The summed E-state index contributed by atoms with van der Waals surface area (Å²) in [6, 6.07) is -0.135. The number of aliphatic hydroxyl groups is 1. The van der Waals surface area contributed by atoms with Crippen molar-refractivity contribution in [3.8, 4) is 0 Å². The highest BCUT2D eigenvalue weighted by Gasteiger charge is 2.28. The highest BCUT2D eigenvalue weighted by atomic mass is 35.5. The van der Waals surface area contributed by atoms with Gasteiger partial charge in [-0.2, -0.15) is 0 Å². The fourth-order valence-electron chi connectivity index (χ4n) is 1.31. The summed E-state index contributed by atoms with van der Waals surface area (Å²) in [5, 5.41) is 12.3. The van der Waals surface area contributed by atoms with Crippen LogP contribution in [0.2, 0.25) is 0 Å². The van der Waals surface area contributed by atoms with Crippen molar-refractivity contribution in [1.82, 2.24) is 5.32 Å². The van der Waals surface area contributed by atoms with Gasteiger partial charge in [0.05, 0.1) is 0 Å².